The number of hydrogen-bond acceptors (Lipinski definition) is 5. The van der Waals surface area contributed by atoms with Gasteiger partial charge in [-0.25, -0.2) is 9.59 Å². The Morgan fingerprint density at radius 2 is 2.03 bits per heavy atom. The Hall–Kier alpha value is -2.51. The number of carbonyl (C=O) groups is 2. The summed E-state index contributed by atoms with van der Waals surface area (Å²) in [5.41, 5.74) is 0.936. The maximum absolute atomic E-state index is 13.6. The van der Waals surface area contributed by atoms with E-state index in [4.69, 9.17) is 25.8 Å². The summed E-state index contributed by atoms with van der Waals surface area (Å²) >= 11 is 6.17. The van der Waals surface area contributed by atoms with Crippen molar-refractivity contribution in [1.29, 1.82) is 0 Å². The number of carbonyl (C=O) groups excluding carboxylic acids is 2. The molecule has 2 amide bonds. The lowest BCUT2D eigenvalue weighted by Gasteiger charge is -2.43. The van der Waals surface area contributed by atoms with E-state index in [1.54, 1.807) is 12.1 Å². The van der Waals surface area contributed by atoms with Crippen LogP contribution in [0.4, 0.5) is 4.79 Å². The average Bonchev–Trinajstić information content (AvgIpc) is 3.00. The van der Waals surface area contributed by atoms with Crippen LogP contribution < -0.4 is 4.74 Å². The van der Waals surface area contributed by atoms with Crippen molar-refractivity contribution < 1.29 is 23.8 Å². The van der Waals surface area contributed by atoms with Gasteiger partial charge in [0.15, 0.2) is 0 Å². The number of esters is 1. The van der Waals surface area contributed by atoms with Crippen LogP contribution in [0.2, 0.25) is 0 Å². The number of benzene rings is 1. The summed E-state index contributed by atoms with van der Waals surface area (Å²) in [4.78, 5) is 29.3. The molecule has 1 aromatic rings. The van der Waals surface area contributed by atoms with Gasteiger partial charge in [0.2, 0.25) is 0 Å². The van der Waals surface area contributed by atoms with Gasteiger partial charge in [-0.05, 0) is 24.6 Å². The Bertz CT molecular complexity index is 925. The lowest BCUT2D eigenvalue weighted by Crippen LogP contribution is -2.56. The fourth-order valence-electron chi connectivity index (χ4n) is 4.27. The van der Waals surface area contributed by atoms with E-state index in [2.05, 4.69) is 13.0 Å². The van der Waals surface area contributed by atoms with Gasteiger partial charge in [-0.15, -0.1) is 0 Å². The van der Waals surface area contributed by atoms with Crippen molar-refractivity contribution in [1.82, 2.24) is 9.80 Å². The maximum atomic E-state index is 13.6. The molecule has 4 rings (SSSR count). The number of methoxy groups -OCH3 is 1. The van der Waals surface area contributed by atoms with E-state index in [0.29, 0.717) is 62.2 Å². The molecule has 8 heteroatoms. The first-order valence-electron chi connectivity index (χ1n) is 10.4. The Kier molecular flexibility index (Phi) is 6.25. The highest BCUT2D eigenvalue weighted by Gasteiger charge is 2.42. The highest BCUT2D eigenvalue weighted by Crippen LogP contribution is 2.40. The van der Waals surface area contributed by atoms with Crippen LogP contribution in [-0.2, 0) is 16.0 Å². The number of hydrogen-bond donors (Lipinski definition) is 0. The normalized spacial score (nSPS) is 25.8. The molecule has 0 N–H and O–H groups in total. The van der Waals surface area contributed by atoms with Gasteiger partial charge in [0.25, 0.3) is 0 Å². The predicted octanol–water partition coefficient (Wildman–Crippen LogP) is 3.58. The zero-order chi connectivity index (χ0) is 22.0. The fraction of sp³-hybridized carbons (Fsp3) is 0.478. The number of fused-ring (bicyclic) bond motifs is 1. The van der Waals surface area contributed by atoms with E-state index < -0.39 is 5.97 Å². The number of amides is 2. The molecule has 1 fully saturated rings. The first-order valence-corrected chi connectivity index (χ1v) is 10.8. The molecule has 2 atom stereocenters. The Balaban J connectivity index is 1.68. The SMILES string of the molecule is COC(=O)c1ccc2c(c1)OC[C@H](C1(C)C=CC(Cl)=CC1)N(C(=O)N1CCOCC1)C2. The molecule has 166 valence electrons. The molecule has 2 aliphatic heterocycles. The summed E-state index contributed by atoms with van der Waals surface area (Å²) in [6.07, 6.45) is 6.63. The Morgan fingerprint density at radius 3 is 2.71 bits per heavy atom. The van der Waals surface area contributed by atoms with Gasteiger partial charge in [0.1, 0.15) is 12.4 Å². The van der Waals surface area contributed by atoms with Gasteiger partial charge in [-0.2, -0.15) is 0 Å². The average molecular weight is 447 g/mol. The van der Waals surface area contributed by atoms with Crippen molar-refractivity contribution in [3.8, 4) is 5.75 Å². The van der Waals surface area contributed by atoms with Crippen molar-refractivity contribution in [3.05, 3.63) is 52.6 Å². The molecule has 0 spiro atoms. The molecule has 1 unspecified atom stereocenters. The highest BCUT2D eigenvalue weighted by molar-refractivity contribution is 6.31. The molecule has 1 saturated heterocycles. The largest absolute Gasteiger partial charge is 0.491 e. The molecule has 0 radical (unpaired) electrons. The summed E-state index contributed by atoms with van der Waals surface area (Å²) in [7, 11) is 1.35. The topological polar surface area (TPSA) is 68.3 Å². The third-order valence-electron chi connectivity index (χ3n) is 6.25. The zero-order valence-electron chi connectivity index (χ0n) is 17.8. The van der Waals surface area contributed by atoms with E-state index >= 15 is 0 Å². The molecule has 0 bridgehead atoms. The Labute approximate surface area is 187 Å². The predicted molar refractivity (Wildman–Crippen MR) is 116 cm³/mol. The minimum Gasteiger partial charge on any atom is -0.491 e. The van der Waals surface area contributed by atoms with Gasteiger partial charge < -0.3 is 24.0 Å². The van der Waals surface area contributed by atoms with Gasteiger partial charge in [0.05, 0.1) is 38.5 Å². The molecule has 2 heterocycles. The molecular weight excluding hydrogens is 420 g/mol. The van der Waals surface area contributed by atoms with E-state index in [1.807, 2.05) is 28.0 Å². The first kappa shape index (κ1) is 21.7. The third-order valence-corrected chi connectivity index (χ3v) is 6.53. The lowest BCUT2D eigenvalue weighted by molar-refractivity contribution is 0.0251. The van der Waals surface area contributed by atoms with Gasteiger partial charge in [-0.3, -0.25) is 0 Å². The van der Waals surface area contributed by atoms with E-state index in [0.717, 1.165) is 5.56 Å². The second-order valence-corrected chi connectivity index (χ2v) is 8.72. The number of morpholine rings is 1. The molecular formula is C23H27ClN2O5. The van der Waals surface area contributed by atoms with Crippen molar-refractivity contribution in [2.75, 3.05) is 40.0 Å². The Morgan fingerprint density at radius 1 is 1.26 bits per heavy atom. The molecule has 31 heavy (non-hydrogen) atoms. The van der Waals surface area contributed by atoms with Gasteiger partial charge in [-0.1, -0.05) is 36.7 Å². The number of halogens is 1. The maximum Gasteiger partial charge on any atom is 0.337 e. The molecule has 0 aromatic heterocycles. The summed E-state index contributed by atoms with van der Waals surface area (Å²) in [6.45, 7) is 5.01. The number of rotatable bonds is 2. The van der Waals surface area contributed by atoms with E-state index in [9.17, 15) is 9.59 Å². The lowest BCUT2D eigenvalue weighted by atomic mass is 9.76. The molecule has 7 nitrogen and oxygen atoms in total. The summed E-state index contributed by atoms with van der Waals surface area (Å²) < 4.78 is 16.4. The minimum absolute atomic E-state index is 0.0305. The molecule has 1 aliphatic carbocycles. The van der Waals surface area contributed by atoms with Crippen molar-refractivity contribution >= 4 is 23.6 Å². The second kappa shape index (κ2) is 8.93. The van der Waals surface area contributed by atoms with Crippen molar-refractivity contribution in [2.45, 2.75) is 25.9 Å². The van der Waals surface area contributed by atoms with Gasteiger partial charge in [0, 0.05) is 29.1 Å². The van der Waals surface area contributed by atoms with Crippen LogP contribution in [0.3, 0.4) is 0 Å². The highest BCUT2D eigenvalue weighted by atomic mass is 35.5. The van der Waals surface area contributed by atoms with E-state index in [-0.39, 0.29) is 17.5 Å². The van der Waals surface area contributed by atoms with Crippen molar-refractivity contribution in [2.24, 2.45) is 5.41 Å². The number of ether oxygens (including phenoxy) is 3. The smallest absolute Gasteiger partial charge is 0.337 e. The van der Waals surface area contributed by atoms with Crippen molar-refractivity contribution in [3.63, 3.8) is 0 Å². The third kappa shape index (κ3) is 4.43. The monoisotopic (exact) mass is 446 g/mol. The summed E-state index contributed by atoms with van der Waals surface area (Å²) in [5, 5.41) is 0.698. The molecule has 1 aromatic carbocycles. The van der Waals surface area contributed by atoms with Crippen LogP contribution in [-0.4, -0.2) is 67.9 Å². The standard InChI is InChI=1S/C23H27ClN2O5/c1-23(7-5-18(24)6-8-23)20-15-31-19-13-16(21(27)29-2)3-4-17(19)14-26(20)22(28)25-9-11-30-12-10-25/h3-7,13,20H,8-12,14-15H2,1-2H3/t20-,23?/m1/s1. The summed E-state index contributed by atoms with van der Waals surface area (Å²) in [5.74, 6) is 0.178. The van der Waals surface area contributed by atoms with Crippen LogP contribution in [0.25, 0.3) is 0 Å². The fourth-order valence-corrected chi connectivity index (χ4v) is 4.41. The summed E-state index contributed by atoms with van der Waals surface area (Å²) in [6, 6.07) is 4.98. The number of nitrogens with zero attached hydrogens (tertiary/aromatic N) is 2. The number of urea groups is 1. The number of allylic oxidation sites excluding steroid dienone is 3. The minimum atomic E-state index is -0.421. The molecule has 3 aliphatic rings. The van der Waals surface area contributed by atoms with Gasteiger partial charge >= 0.3 is 12.0 Å². The van der Waals surface area contributed by atoms with Crippen LogP contribution >= 0.6 is 11.6 Å². The quantitative estimate of drug-likeness (QED) is 0.649. The zero-order valence-corrected chi connectivity index (χ0v) is 18.6. The second-order valence-electron chi connectivity index (χ2n) is 8.28. The first-order chi connectivity index (χ1) is 14.9. The van der Waals surface area contributed by atoms with Crippen LogP contribution in [0, 0.1) is 5.41 Å². The van der Waals surface area contributed by atoms with E-state index in [1.165, 1.54) is 7.11 Å². The van der Waals surface area contributed by atoms with Crippen LogP contribution in [0.5, 0.6) is 5.75 Å². The molecule has 0 saturated carbocycles. The van der Waals surface area contributed by atoms with Crippen LogP contribution in [0.1, 0.15) is 29.3 Å². The van der Waals surface area contributed by atoms with Crippen LogP contribution in [0.15, 0.2) is 41.5 Å².